The largest absolute Gasteiger partial charge is 0.306 e. The van der Waals surface area contributed by atoms with Crippen LogP contribution in [0.15, 0.2) is 41.2 Å². The van der Waals surface area contributed by atoms with Crippen LogP contribution in [-0.4, -0.2) is 34.6 Å². The lowest BCUT2D eigenvalue weighted by atomic mass is 9.69. The Balaban J connectivity index is 0.000000299. The average Bonchev–Trinajstić information content (AvgIpc) is 3.23. The molecule has 1 spiro atoms. The summed E-state index contributed by atoms with van der Waals surface area (Å²) in [6.07, 6.45) is 20.1. The summed E-state index contributed by atoms with van der Waals surface area (Å²) in [7, 11) is 2.21. The second-order valence-corrected chi connectivity index (χ2v) is 12.6. The number of hydrogen-bond acceptors (Lipinski definition) is 3. The first-order chi connectivity index (χ1) is 19.0. The average molecular weight is 542 g/mol. The number of benzene rings is 2. The van der Waals surface area contributed by atoms with Gasteiger partial charge in [-0.3, -0.25) is 9.36 Å². The summed E-state index contributed by atoms with van der Waals surface area (Å²) in [5.74, 6) is 4.94. The molecule has 2 saturated carbocycles. The van der Waals surface area contributed by atoms with E-state index in [1.165, 1.54) is 81.0 Å². The molecule has 204 valence electrons. The van der Waals surface area contributed by atoms with Gasteiger partial charge >= 0.3 is 0 Å². The van der Waals surface area contributed by atoms with Crippen LogP contribution in [0, 0.1) is 18.3 Å². The van der Waals surface area contributed by atoms with Crippen molar-refractivity contribution in [1.82, 2.24) is 14.5 Å². The first-order valence-electron chi connectivity index (χ1n) is 15.0. The molecule has 5 heteroatoms. The summed E-state index contributed by atoms with van der Waals surface area (Å²) in [5.41, 5.74) is 4.54. The Morgan fingerprint density at radius 1 is 0.974 bits per heavy atom. The molecule has 2 aliphatic heterocycles. The molecule has 0 N–H and O–H groups in total. The van der Waals surface area contributed by atoms with Gasteiger partial charge in [0.25, 0.3) is 5.56 Å². The van der Waals surface area contributed by atoms with Crippen molar-refractivity contribution in [1.29, 1.82) is 0 Å². The van der Waals surface area contributed by atoms with Gasteiger partial charge in [-0.05, 0) is 93.9 Å². The maximum absolute atomic E-state index is 13.1. The summed E-state index contributed by atoms with van der Waals surface area (Å²) in [4.78, 5) is 20.2. The Hall–Kier alpha value is -2.61. The molecule has 3 heterocycles. The van der Waals surface area contributed by atoms with E-state index >= 15 is 0 Å². The molecule has 3 aromatic rings. The molecule has 3 fully saturated rings. The topological polar surface area (TPSA) is 38.1 Å². The normalized spacial score (nSPS) is 21.2. The monoisotopic (exact) mass is 541 g/mol. The summed E-state index contributed by atoms with van der Waals surface area (Å²) in [5, 5.41) is 1.03. The van der Waals surface area contributed by atoms with Crippen LogP contribution in [0.3, 0.4) is 0 Å². The molecule has 0 radical (unpaired) electrons. The molecule has 4 nitrogen and oxygen atoms in total. The number of nitrogens with zero attached hydrogens (tertiary/aromatic N) is 3. The molecule has 2 aliphatic carbocycles. The second-order valence-electron chi connectivity index (χ2n) is 12.2. The van der Waals surface area contributed by atoms with E-state index in [1.54, 1.807) is 6.07 Å². The van der Waals surface area contributed by atoms with E-state index in [4.69, 9.17) is 23.0 Å². The van der Waals surface area contributed by atoms with Gasteiger partial charge in [-0.2, -0.15) is 4.98 Å². The van der Waals surface area contributed by atoms with Gasteiger partial charge in [0.15, 0.2) is 0 Å². The molecule has 0 atom stereocenters. The zero-order chi connectivity index (χ0) is 27.0. The lowest BCUT2D eigenvalue weighted by Gasteiger charge is -2.34. The molecular formula is C34H40ClN3O. The standard InChI is InChI=1S/C26H28ClN3O.C8H12/c1-29-14-10-17(11-15-29)18-8-9-19-22(16-18)30-21-7-5-6-20(27)23(21)24(31)28-25(30)26(19)12-3-2-4-13-26;1-2-8-6-4-3-5-7-8/h5-9,16-17H,2-4,10-15H2,1H3;1,8H,3-7H2. The van der Waals surface area contributed by atoms with Gasteiger partial charge in [-0.15, -0.1) is 12.3 Å². The Morgan fingerprint density at radius 3 is 2.38 bits per heavy atom. The van der Waals surface area contributed by atoms with E-state index in [0.717, 1.165) is 37.3 Å². The molecule has 1 saturated heterocycles. The summed E-state index contributed by atoms with van der Waals surface area (Å²) in [6.45, 7) is 2.30. The number of piperidine rings is 1. The van der Waals surface area contributed by atoms with Crippen molar-refractivity contribution in [2.24, 2.45) is 5.92 Å². The zero-order valence-electron chi connectivity index (χ0n) is 23.2. The van der Waals surface area contributed by atoms with Crippen LogP contribution >= 0.6 is 11.6 Å². The molecule has 0 unspecified atom stereocenters. The molecule has 39 heavy (non-hydrogen) atoms. The van der Waals surface area contributed by atoms with Crippen molar-refractivity contribution in [3.05, 3.63) is 68.7 Å². The van der Waals surface area contributed by atoms with Gasteiger partial charge in [-0.1, -0.05) is 68.3 Å². The summed E-state index contributed by atoms with van der Waals surface area (Å²) >= 11 is 6.48. The fourth-order valence-electron chi connectivity index (χ4n) is 7.56. The highest BCUT2D eigenvalue weighted by molar-refractivity contribution is 6.35. The summed E-state index contributed by atoms with van der Waals surface area (Å²) in [6, 6.07) is 12.9. The summed E-state index contributed by atoms with van der Waals surface area (Å²) < 4.78 is 2.27. The first-order valence-corrected chi connectivity index (χ1v) is 15.4. The van der Waals surface area contributed by atoms with E-state index in [-0.39, 0.29) is 11.0 Å². The molecule has 0 bridgehead atoms. The maximum atomic E-state index is 13.1. The lowest BCUT2D eigenvalue weighted by Crippen LogP contribution is -2.32. The van der Waals surface area contributed by atoms with E-state index in [9.17, 15) is 4.79 Å². The van der Waals surface area contributed by atoms with Crippen LogP contribution in [0.4, 0.5) is 0 Å². The highest BCUT2D eigenvalue weighted by atomic mass is 35.5. The van der Waals surface area contributed by atoms with Crippen LogP contribution < -0.4 is 5.56 Å². The third-order valence-electron chi connectivity index (χ3n) is 9.81. The Kier molecular flexibility index (Phi) is 7.58. The Bertz CT molecular complexity index is 1450. The molecule has 4 aliphatic rings. The SMILES string of the molecule is C#CC1CCCCC1.CN1CCC(c2ccc3c(c2)-n2c(nc(=O)c4c(Cl)cccc42)C32CCCCC2)CC1. The van der Waals surface area contributed by atoms with Crippen LogP contribution in [0.1, 0.15) is 99.9 Å². The van der Waals surface area contributed by atoms with Gasteiger partial charge in [0, 0.05) is 5.92 Å². The molecule has 1 aromatic heterocycles. The van der Waals surface area contributed by atoms with Gasteiger partial charge in [0.05, 0.1) is 27.0 Å². The highest BCUT2D eigenvalue weighted by Crippen LogP contribution is 2.52. The number of aromatic nitrogens is 2. The highest BCUT2D eigenvalue weighted by Gasteiger charge is 2.46. The minimum Gasteiger partial charge on any atom is -0.306 e. The minimum absolute atomic E-state index is 0.144. The molecule has 2 aromatic carbocycles. The number of halogens is 1. The van der Waals surface area contributed by atoms with Crippen LogP contribution in [-0.2, 0) is 5.41 Å². The van der Waals surface area contributed by atoms with E-state index < -0.39 is 0 Å². The van der Waals surface area contributed by atoms with Crippen molar-refractivity contribution < 1.29 is 0 Å². The van der Waals surface area contributed by atoms with Crippen molar-refractivity contribution >= 4 is 22.5 Å². The fourth-order valence-corrected chi connectivity index (χ4v) is 7.81. The van der Waals surface area contributed by atoms with Crippen LogP contribution in [0.2, 0.25) is 5.02 Å². The molecule has 0 amide bonds. The van der Waals surface area contributed by atoms with Gasteiger partial charge in [0.2, 0.25) is 0 Å². The Labute approximate surface area is 237 Å². The third-order valence-corrected chi connectivity index (χ3v) is 10.1. The lowest BCUT2D eigenvalue weighted by molar-refractivity contribution is 0.255. The van der Waals surface area contributed by atoms with Crippen molar-refractivity contribution in [3.63, 3.8) is 0 Å². The predicted molar refractivity (Wildman–Crippen MR) is 161 cm³/mol. The minimum atomic E-state index is -0.194. The van der Waals surface area contributed by atoms with Crippen molar-refractivity contribution in [2.75, 3.05) is 20.1 Å². The number of likely N-dealkylation sites (tertiary alicyclic amines) is 1. The van der Waals surface area contributed by atoms with Gasteiger partial charge < -0.3 is 4.90 Å². The number of fused-ring (bicyclic) bond motifs is 7. The predicted octanol–water partition coefficient (Wildman–Crippen LogP) is 7.61. The van der Waals surface area contributed by atoms with Gasteiger partial charge in [0.1, 0.15) is 5.82 Å². The number of hydrogen-bond donors (Lipinski definition) is 0. The molecule has 7 rings (SSSR count). The van der Waals surface area contributed by atoms with Crippen LogP contribution in [0.25, 0.3) is 16.6 Å². The smallest absolute Gasteiger partial charge is 0.282 e. The quantitative estimate of drug-likeness (QED) is 0.297. The first kappa shape index (κ1) is 26.6. The van der Waals surface area contributed by atoms with Crippen molar-refractivity contribution in [3.8, 4) is 18.0 Å². The van der Waals surface area contributed by atoms with E-state index in [0.29, 0.717) is 22.2 Å². The van der Waals surface area contributed by atoms with Gasteiger partial charge in [-0.25, -0.2) is 0 Å². The number of rotatable bonds is 1. The molecular weight excluding hydrogens is 502 g/mol. The zero-order valence-corrected chi connectivity index (χ0v) is 24.0. The van der Waals surface area contributed by atoms with Crippen LogP contribution in [0.5, 0.6) is 0 Å². The van der Waals surface area contributed by atoms with E-state index in [2.05, 4.69) is 40.6 Å². The maximum Gasteiger partial charge on any atom is 0.282 e. The third kappa shape index (κ3) is 4.83. The fraction of sp³-hybridized carbons (Fsp3) is 0.529. The second kappa shape index (κ2) is 11.1. The van der Waals surface area contributed by atoms with E-state index in [1.807, 2.05) is 12.1 Å². The Morgan fingerprint density at radius 2 is 1.69 bits per heavy atom. The van der Waals surface area contributed by atoms with Crippen molar-refractivity contribution in [2.45, 2.75) is 88.4 Å². The number of terminal acetylenes is 1.